The van der Waals surface area contributed by atoms with Crippen molar-refractivity contribution in [2.75, 3.05) is 27.4 Å². The van der Waals surface area contributed by atoms with Crippen molar-refractivity contribution in [1.29, 1.82) is 0 Å². The number of hydrogen-bond acceptors (Lipinski definition) is 6. The number of ether oxygens (including phenoxy) is 3. The van der Waals surface area contributed by atoms with Crippen LogP contribution in [0.5, 0.6) is 5.75 Å². The highest BCUT2D eigenvalue weighted by atomic mass is 32.1. The van der Waals surface area contributed by atoms with Gasteiger partial charge in [0, 0.05) is 19.2 Å². The first-order valence-corrected chi connectivity index (χ1v) is 11.4. The van der Waals surface area contributed by atoms with E-state index in [1.807, 2.05) is 16.7 Å². The van der Waals surface area contributed by atoms with Crippen molar-refractivity contribution in [2.24, 2.45) is 4.99 Å². The molecule has 7 nitrogen and oxygen atoms in total. The third kappa shape index (κ3) is 5.83. The third-order valence-electron chi connectivity index (χ3n) is 4.92. The van der Waals surface area contributed by atoms with Gasteiger partial charge in [0.25, 0.3) is 5.91 Å². The molecular weight excluding hydrogens is 428 g/mol. The molecule has 0 fully saturated rings. The largest absolute Gasteiger partial charge is 0.494 e. The highest BCUT2D eigenvalue weighted by Crippen LogP contribution is 2.20. The maximum Gasteiger partial charge on any atom is 0.337 e. The number of esters is 1. The molecule has 0 spiro atoms. The zero-order valence-corrected chi connectivity index (χ0v) is 19.4. The maximum absolute atomic E-state index is 12.9. The summed E-state index contributed by atoms with van der Waals surface area (Å²) in [4.78, 5) is 29.7. The average Bonchev–Trinajstić information content (AvgIpc) is 3.16. The zero-order valence-electron chi connectivity index (χ0n) is 18.6. The second kappa shape index (κ2) is 11.6. The fourth-order valence-corrected chi connectivity index (χ4v) is 4.31. The van der Waals surface area contributed by atoms with Crippen molar-refractivity contribution in [3.05, 3.63) is 58.4 Å². The number of carbonyl (C=O) groups excluding carboxylic acids is 2. The number of benzene rings is 2. The number of rotatable bonds is 10. The van der Waals surface area contributed by atoms with Crippen LogP contribution in [0.15, 0.2) is 47.5 Å². The molecule has 3 rings (SSSR count). The monoisotopic (exact) mass is 456 g/mol. The molecule has 170 valence electrons. The molecule has 0 aliphatic heterocycles. The van der Waals surface area contributed by atoms with Crippen LogP contribution < -0.4 is 9.54 Å². The molecule has 0 saturated heterocycles. The lowest BCUT2D eigenvalue weighted by atomic mass is 10.2. The predicted molar refractivity (Wildman–Crippen MR) is 124 cm³/mol. The third-order valence-corrected chi connectivity index (χ3v) is 5.96. The summed E-state index contributed by atoms with van der Waals surface area (Å²) < 4.78 is 18.6. The maximum atomic E-state index is 12.9. The van der Waals surface area contributed by atoms with Crippen LogP contribution in [-0.4, -0.2) is 43.9 Å². The standard InChI is InChI=1S/C24H28N2O5S/c1-4-5-6-13-31-19-9-7-8-17(15-19)22(27)25-24-26(12-14-29-2)20-11-10-18(23(28)30-3)16-21(20)32-24/h7-11,15-16H,4-6,12-14H2,1-3H3. The Hall–Kier alpha value is -2.97. The number of aromatic nitrogens is 1. The minimum Gasteiger partial charge on any atom is -0.494 e. The van der Waals surface area contributed by atoms with Gasteiger partial charge in [0.1, 0.15) is 5.75 Å². The van der Waals surface area contributed by atoms with Crippen LogP contribution in [0.1, 0.15) is 46.9 Å². The Morgan fingerprint density at radius 3 is 2.62 bits per heavy atom. The molecule has 2 aromatic carbocycles. The van der Waals surface area contributed by atoms with Crippen molar-refractivity contribution in [3.8, 4) is 5.75 Å². The number of thiazole rings is 1. The number of fused-ring (bicyclic) bond motifs is 1. The van der Waals surface area contributed by atoms with Crippen molar-refractivity contribution >= 4 is 33.4 Å². The van der Waals surface area contributed by atoms with E-state index in [-0.39, 0.29) is 5.91 Å². The summed E-state index contributed by atoms with van der Waals surface area (Å²) in [5, 5.41) is 0. The molecular formula is C24H28N2O5S. The highest BCUT2D eigenvalue weighted by molar-refractivity contribution is 7.16. The van der Waals surface area contributed by atoms with Gasteiger partial charge in [0.15, 0.2) is 4.80 Å². The fourth-order valence-electron chi connectivity index (χ4n) is 3.21. The molecule has 0 unspecified atom stereocenters. The Morgan fingerprint density at radius 1 is 1.03 bits per heavy atom. The van der Waals surface area contributed by atoms with E-state index in [4.69, 9.17) is 14.2 Å². The number of nitrogens with zero attached hydrogens (tertiary/aromatic N) is 2. The van der Waals surface area contributed by atoms with Gasteiger partial charge in [-0.2, -0.15) is 4.99 Å². The molecule has 0 N–H and O–H groups in total. The molecule has 1 amide bonds. The fraction of sp³-hybridized carbons (Fsp3) is 0.375. The Bertz CT molecular complexity index is 1150. The van der Waals surface area contributed by atoms with Gasteiger partial charge in [-0.1, -0.05) is 37.2 Å². The summed E-state index contributed by atoms with van der Waals surface area (Å²) in [6.45, 7) is 3.76. The van der Waals surface area contributed by atoms with E-state index >= 15 is 0 Å². The van der Waals surface area contributed by atoms with E-state index in [1.54, 1.807) is 37.4 Å². The summed E-state index contributed by atoms with van der Waals surface area (Å²) in [5.41, 5.74) is 1.79. The molecule has 1 aromatic heterocycles. The minimum atomic E-state index is -0.408. The molecule has 32 heavy (non-hydrogen) atoms. The van der Waals surface area contributed by atoms with Crippen LogP contribution in [0, 0.1) is 0 Å². The Kier molecular flexibility index (Phi) is 8.58. The number of amides is 1. The smallest absolute Gasteiger partial charge is 0.337 e. The summed E-state index contributed by atoms with van der Waals surface area (Å²) >= 11 is 1.34. The Labute approximate surface area is 191 Å². The first-order valence-electron chi connectivity index (χ1n) is 10.6. The van der Waals surface area contributed by atoms with Crippen LogP contribution in [0.2, 0.25) is 0 Å². The van der Waals surface area contributed by atoms with Crippen molar-refractivity contribution in [1.82, 2.24) is 4.57 Å². The lowest BCUT2D eigenvalue weighted by Crippen LogP contribution is -2.19. The van der Waals surface area contributed by atoms with Crippen molar-refractivity contribution < 1.29 is 23.8 Å². The van der Waals surface area contributed by atoms with Gasteiger partial charge in [-0.15, -0.1) is 0 Å². The minimum absolute atomic E-state index is 0.352. The van der Waals surface area contributed by atoms with E-state index in [1.165, 1.54) is 18.4 Å². The summed E-state index contributed by atoms with van der Waals surface area (Å²) in [6, 6.07) is 12.4. The van der Waals surface area contributed by atoms with Gasteiger partial charge in [-0.3, -0.25) is 4.79 Å². The molecule has 0 aliphatic rings. The molecule has 8 heteroatoms. The number of hydrogen-bond donors (Lipinski definition) is 0. The van der Waals surface area contributed by atoms with Crippen molar-refractivity contribution in [3.63, 3.8) is 0 Å². The number of unbranched alkanes of at least 4 members (excludes halogenated alkanes) is 2. The number of carbonyl (C=O) groups is 2. The van der Waals surface area contributed by atoms with Gasteiger partial charge in [0.2, 0.25) is 0 Å². The Morgan fingerprint density at radius 2 is 1.88 bits per heavy atom. The molecule has 1 heterocycles. The average molecular weight is 457 g/mol. The first-order chi connectivity index (χ1) is 15.6. The predicted octanol–water partition coefficient (Wildman–Crippen LogP) is 4.45. The van der Waals surface area contributed by atoms with Gasteiger partial charge < -0.3 is 18.8 Å². The van der Waals surface area contributed by atoms with E-state index in [2.05, 4.69) is 11.9 Å². The summed E-state index contributed by atoms with van der Waals surface area (Å²) in [5.74, 6) is -0.0996. The molecule has 0 aliphatic carbocycles. The second-order valence-corrected chi connectivity index (χ2v) is 8.21. The quantitative estimate of drug-likeness (QED) is 0.333. The van der Waals surface area contributed by atoms with Crippen LogP contribution in [0.25, 0.3) is 10.2 Å². The number of methoxy groups -OCH3 is 2. The van der Waals surface area contributed by atoms with Crippen LogP contribution >= 0.6 is 11.3 Å². The van der Waals surface area contributed by atoms with E-state index in [0.717, 1.165) is 29.5 Å². The molecule has 0 bridgehead atoms. The highest BCUT2D eigenvalue weighted by Gasteiger charge is 2.13. The lowest BCUT2D eigenvalue weighted by Gasteiger charge is -2.07. The summed E-state index contributed by atoms with van der Waals surface area (Å²) in [6.07, 6.45) is 3.22. The molecule has 0 atom stereocenters. The normalized spacial score (nSPS) is 11.7. The Balaban J connectivity index is 1.93. The first kappa shape index (κ1) is 23.7. The molecule has 3 aromatic rings. The van der Waals surface area contributed by atoms with Crippen LogP contribution in [0.4, 0.5) is 0 Å². The van der Waals surface area contributed by atoms with Gasteiger partial charge >= 0.3 is 5.97 Å². The SMILES string of the molecule is CCCCCOc1cccc(C(=O)N=c2sc3cc(C(=O)OC)ccc3n2CCOC)c1. The van der Waals surface area contributed by atoms with Gasteiger partial charge in [-0.05, 0) is 42.8 Å². The van der Waals surface area contributed by atoms with E-state index in [0.29, 0.717) is 41.4 Å². The zero-order chi connectivity index (χ0) is 22.9. The molecule has 0 radical (unpaired) electrons. The van der Waals surface area contributed by atoms with E-state index in [9.17, 15) is 9.59 Å². The second-order valence-electron chi connectivity index (χ2n) is 7.20. The van der Waals surface area contributed by atoms with Crippen LogP contribution in [0.3, 0.4) is 0 Å². The van der Waals surface area contributed by atoms with Crippen LogP contribution in [-0.2, 0) is 16.0 Å². The van der Waals surface area contributed by atoms with Crippen molar-refractivity contribution in [2.45, 2.75) is 32.7 Å². The van der Waals surface area contributed by atoms with Gasteiger partial charge in [-0.25, -0.2) is 4.79 Å². The van der Waals surface area contributed by atoms with E-state index < -0.39 is 5.97 Å². The van der Waals surface area contributed by atoms with Gasteiger partial charge in [0.05, 0.1) is 36.1 Å². The summed E-state index contributed by atoms with van der Waals surface area (Å²) in [7, 11) is 2.97. The lowest BCUT2D eigenvalue weighted by molar-refractivity contribution is 0.0600. The topological polar surface area (TPSA) is 79.1 Å². The molecule has 0 saturated carbocycles.